The molecule has 0 bridgehead atoms. The van der Waals surface area contributed by atoms with E-state index in [1.807, 2.05) is 7.05 Å². The zero-order chi connectivity index (χ0) is 12.4. The van der Waals surface area contributed by atoms with Gasteiger partial charge in [-0.25, -0.2) is 0 Å². The van der Waals surface area contributed by atoms with E-state index in [2.05, 4.69) is 81.1 Å². The molecule has 0 saturated carbocycles. The van der Waals surface area contributed by atoms with E-state index in [0.29, 0.717) is 0 Å². The molecular weight excluding hydrogens is 409 g/mol. The summed E-state index contributed by atoms with van der Waals surface area (Å²) in [6, 6.07) is 11.0. The number of hydrogen-bond acceptors (Lipinski definition) is 2. The highest BCUT2D eigenvalue weighted by Gasteiger charge is 2.17. The van der Waals surface area contributed by atoms with Gasteiger partial charge < -0.3 is 5.32 Å². The summed E-state index contributed by atoms with van der Waals surface area (Å²) in [5.41, 5.74) is 2.64. The number of benzene rings is 1. The van der Waals surface area contributed by atoms with Crippen molar-refractivity contribution in [2.45, 2.75) is 13.0 Å². The van der Waals surface area contributed by atoms with Crippen LogP contribution < -0.4 is 5.32 Å². The fourth-order valence-electron chi connectivity index (χ4n) is 1.79. The third-order valence-corrected chi connectivity index (χ3v) is 5.85. The Morgan fingerprint density at radius 2 is 2.06 bits per heavy atom. The third kappa shape index (κ3) is 2.92. The first-order valence-electron chi connectivity index (χ1n) is 5.31. The molecule has 2 aromatic rings. The third-order valence-electron chi connectivity index (χ3n) is 2.67. The zero-order valence-corrected chi connectivity index (χ0v) is 14.2. The minimum atomic E-state index is 0.276. The van der Waals surface area contributed by atoms with E-state index in [-0.39, 0.29) is 6.04 Å². The van der Waals surface area contributed by atoms with Crippen LogP contribution in [0.25, 0.3) is 0 Å². The molecule has 1 N–H and O–H groups in total. The van der Waals surface area contributed by atoms with E-state index in [9.17, 15) is 0 Å². The summed E-state index contributed by atoms with van der Waals surface area (Å²) in [5, 5.41) is 3.40. The Balaban J connectivity index is 2.44. The van der Waals surface area contributed by atoms with Crippen molar-refractivity contribution in [1.82, 2.24) is 5.32 Å². The van der Waals surface area contributed by atoms with Gasteiger partial charge >= 0.3 is 0 Å². The van der Waals surface area contributed by atoms with E-state index < -0.39 is 0 Å². The molecule has 1 nitrogen and oxygen atoms in total. The number of nitrogens with one attached hydrogen (secondary N) is 1. The predicted molar refractivity (Wildman–Crippen MR) is 86.8 cm³/mol. The smallest absolute Gasteiger partial charge is 0.0731 e. The molecule has 1 unspecified atom stereocenters. The van der Waals surface area contributed by atoms with Crippen LogP contribution in [-0.4, -0.2) is 7.05 Å². The second kappa shape index (κ2) is 5.82. The van der Waals surface area contributed by atoms with E-state index in [1.165, 1.54) is 23.4 Å². The van der Waals surface area contributed by atoms with Gasteiger partial charge in [0.1, 0.15) is 0 Å². The molecule has 0 spiro atoms. The van der Waals surface area contributed by atoms with Gasteiger partial charge in [-0.05, 0) is 75.8 Å². The highest BCUT2D eigenvalue weighted by atomic mass is 127. The molecule has 90 valence electrons. The van der Waals surface area contributed by atoms with Gasteiger partial charge in [0.25, 0.3) is 0 Å². The summed E-state index contributed by atoms with van der Waals surface area (Å²) in [4.78, 5) is 1.35. The Hall–Kier alpha value is 0.0900. The molecule has 17 heavy (non-hydrogen) atoms. The number of aryl methyl sites for hydroxylation is 1. The molecule has 1 aromatic heterocycles. The Labute approximate surface area is 128 Å². The monoisotopic (exact) mass is 421 g/mol. The van der Waals surface area contributed by atoms with Crippen LogP contribution in [0.2, 0.25) is 0 Å². The van der Waals surface area contributed by atoms with Gasteiger partial charge in [-0.3, -0.25) is 0 Å². The largest absolute Gasteiger partial charge is 0.309 e. The normalized spacial score (nSPS) is 12.7. The minimum absolute atomic E-state index is 0.276. The van der Waals surface area contributed by atoms with Crippen molar-refractivity contribution in [3.05, 3.63) is 53.7 Å². The maximum Gasteiger partial charge on any atom is 0.0731 e. The van der Waals surface area contributed by atoms with Crippen LogP contribution in [0.15, 0.2) is 34.1 Å². The first-order chi connectivity index (χ1) is 8.13. The van der Waals surface area contributed by atoms with Crippen molar-refractivity contribution in [1.29, 1.82) is 0 Å². The van der Waals surface area contributed by atoms with Gasteiger partial charge in [0.05, 0.1) is 9.83 Å². The maximum atomic E-state index is 3.59. The predicted octanol–water partition coefficient (Wildman–Crippen LogP) is 4.73. The molecule has 0 fully saturated rings. The van der Waals surface area contributed by atoms with Gasteiger partial charge in [-0.15, -0.1) is 11.3 Å². The van der Waals surface area contributed by atoms with Crippen LogP contribution in [-0.2, 0) is 0 Å². The molecule has 4 heteroatoms. The van der Waals surface area contributed by atoms with E-state index in [4.69, 9.17) is 0 Å². The molecule has 0 aliphatic heterocycles. The lowest BCUT2D eigenvalue weighted by atomic mass is 10.1. The molecule has 0 aliphatic carbocycles. The second-order valence-electron chi connectivity index (χ2n) is 3.85. The maximum absolute atomic E-state index is 3.59. The SMILES string of the molecule is CNC(c1cc(C)c(Br)s1)c1ccccc1I. The van der Waals surface area contributed by atoms with Crippen LogP contribution in [0.1, 0.15) is 22.0 Å². The molecule has 1 aromatic carbocycles. The highest BCUT2D eigenvalue weighted by Crippen LogP contribution is 2.35. The molecule has 1 heterocycles. The Bertz CT molecular complexity index is 504. The summed E-state index contributed by atoms with van der Waals surface area (Å²) in [6.45, 7) is 2.13. The average molecular weight is 422 g/mol. The topological polar surface area (TPSA) is 12.0 Å². The highest BCUT2D eigenvalue weighted by molar-refractivity contribution is 14.1. The van der Waals surface area contributed by atoms with Gasteiger partial charge in [-0.1, -0.05) is 18.2 Å². The van der Waals surface area contributed by atoms with Crippen molar-refractivity contribution in [2.75, 3.05) is 7.05 Å². The Kier molecular flexibility index (Phi) is 4.63. The van der Waals surface area contributed by atoms with Crippen molar-refractivity contribution in [2.24, 2.45) is 0 Å². The quantitative estimate of drug-likeness (QED) is 0.706. The molecule has 0 saturated heterocycles. The van der Waals surface area contributed by atoms with E-state index in [0.717, 1.165) is 0 Å². The first kappa shape index (κ1) is 13.5. The Morgan fingerprint density at radius 1 is 1.35 bits per heavy atom. The Morgan fingerprint density at radius 3 is 2.59 bits per heavy atom. The molecule has 0 aliphatic rings. The van der Waals surface area contributed by atoms with Crippen molar-refractivity contribution >= 4 is 49.9 Å². The van der Waals surface area contributed by atoms with Crippen LogP contribution in [0.4, 0.5) is 0 Å². The number of rotatable bonds is 3. The van der Waals surface area contributed by atoms with Gasteiger partial charge in [-0.2, -0.15) is 0 Å². The fourth-order valence-corrected chi connectivity index (χ4v) is 4.19. The van der Waals surface area contributed by atoms with E-state index >= 15 is 0 Å². The van der Waals surface area contributed by atoms with Crippen molar-refractivity contribution in [3.8, 4) is 0 Å². The summed E-state index contributed by atoms with van der Waals surface area (Å²) in [5.74, 6) is 0. The van der Waals surface area contributed by atoms with Gasteiger partial charge in [0.15, 0.2) is 0 Å². The fraction of sp³-hybridized carbons (Fsp3) is 0.231. The lowest BCUT2D eigenvalue weighted by Gasteiger charge is -2.16. The van der Waals surface area contributed by atoms with Crippen LogP contribution in [0.5, 0.6) is 0 Å². The van der Waals surface area contributed by atoms with Gasteiger partial charge in [0.2, 0.25) is 0 Å². The second-order valence-corrected chi connectivity index (χ2v) is 7.41. The van der Waals surface area contributed by atoms with Crippen molar-refractivity contribution in [3.63, 3.8) is 0 Å². The molecule has 2 rings (SSSR count). The standard InChI is InChI=1S/C13H13BrINS/c1-8-7-11(17-13(8)14)12(16-2)9-5-3-4-6-10(9)15/h3-7,12,16H,1-2H3. The lowest BCUT2D eigenvalue weighted by Crippen LogP contribution is -2.17. The lowest BCUT2D eigenvalue weighted by molar-refractivity contribution is 0.700. The van der Waals surface area contributed by atoms with Crippen LogP contribution in [0.3, 0.4) is 0 Å². The summed E-state index contributed by atoms with van der Waals surface area (Å²) < 4.78 is 2.52. The number of hydrogen-bond donors (Lipinski definition) is 1. The number of thiophene rings is 1. The van der Waals surface area contributed by atoms with Crippen LogP contribution in [0, 0.1) is 10.5 Å². The summed E-state index contributed by atoms with van der Waals surface area (Å²) in [6.07, 6.45) is 0. The molecular formula is C13H13BrINS. The zero-order valence-electron chi connectivity index (χ0n) is 9.63. The van der Waals surface area contributed by atoms with Gasteiger partial charge in [0, 0.05) is 8.45 Å². The molecule has 0 radical (unpaired) electrons. The number of halogens is 2. The first-order valence-corrected chi connectivity index (χ1v) is 8.00. The average Bonchev–Trinajstić information content (AvgIpc) is 2.63. The summed E-state index contributed by atoms with van der Waals surface area (Å²) in [7, 11) is 2.01. The minimum Gasteiger partial charge on any atom is -0.309 e. The molecule has 1 atom stereocenters. The van der Waals surface area contributed by atoms with Crippen LogP contribution >= 0.6 is 49.9 Å². The van der Waals surface area contributed by atoms with Crippen molar-refractivity contribution < 1.29 is 0 Å². The summed E-state index contributed by atoms with van der Waals surface area (Å²) >= 11 is 7.79. The molecule has 0 amide bonds. The van der Waals surface area contributed by atoms with E-state index in [1.54, 1.807) is 11.3 Å².